The minimum Gasteiger partial charge on any atom is -0.317 e. The van der Waals surface area contributed by atoms with Gasteiger partial charge in [-0.1, -0.05) is 32.0 Å². The van der Waals surface area contributed by atoms with Crippen molar-refractivity contribution in [3.05, 3.63) is 59.4 Å². The molecule has 4 nitrogen and oxygen atoms in total. The number of carbonyl (C=O) groups is 1. The zero-order chi connectivity index (χ0) is 16.9. The van der Waals surface area contributed by atoms with Gasteiger partial charge in [0.15, 0.2) is 0 Å². The van der Waals surface area contributed by atoms with Crippen LogP contribution in [0.15, 0.2) is 42.7 Å². The Hall–Kier alpha value is -2.36. The number of nitrogens with zero attached hydrogens (tertiary/aromatic N) is 2. The summed E-state index contributed by atoms with van der Waals surface area (Å²) >= 11 is 0. The zero-order valence-electron chi connectivity index (χ0n) is 14.5. The lowest BCUT2D eigenvalue weighted by atomic mass is 10.0. The predicted molar refractivity (Wildman–Crippen MR) is 97.0 cm³/mol. The average molecular weight is 323 g/mol. The number of rotatable bonds is 6. The molecule has 1 aromatic carbocycles. The Labute approximate surface area is 143 Å². The lowest BCUT2D eigenvalue weighted by Crippen LogP contribution is -2.36. The summed E-state index contributed by atoms with van der Waals surface area (Å²) in [5.41, 5.74) is 4.50. The molecule has 1 N–H and O–H groups in total. The van der Waals surface area contributed by atoms with Crippen LogP contribution < -0.4 is 5.32 Å². The molecule has 1 saturated carbocycles. The summed E-state index contributed by atoms with van der Waals surface area (Å²) in [4.78, 5) is 18.9. The van der Waals surface area contributed by atoms with E-state index in [4.69, 9.17) is 0 Å². The molecule has 1 fully saturated rings. The van der Waals surface area contributed by atoms with Gasteiger partial charge in [0.2, 0.25) is 0 Å². The highest BCUT2D eigenvalue weighted by Gasteiger charge is 2.33. The van der Waals surface area contributed by atoms with Gasteiger partial charge >= 0.3 is 6.03 Å². The van der Waals surface area contributed by atoms with Gasteiger partial charge in [-0.05, 0) is 54.5 Å². The average Bonchev–Trinajstić information content (AvgIpc) is 3.45. The van der Waals surface area contributed by atoms with Crippen molar-refractivity contribution in [2.75, 3.05) is 5.32 Å². The molecule has 0 bridgehead atoms. The number of aryl methyl sites for hydroxylation is 2. The van der Waals surface area contributed by atoms with E-state index in [2.05, 4.69) is 42.3 Å². The fourth-order valence-corrected chi connectivity index (χ4v) is 3.02. The normalized spacial score (nSPS) is 13.6. The number of urea groups is 1. The minimum atomic E-state index is 0.00455. The van der Waals surface area contributed by atoms with Crippen LogP contribution in [0.2, 0.25) is 0 Å². The molecular weight excluding hydrogens is 298 g/mol. The van der Waals surface area contributed by atoms with Gasteiger partial charge in [-0.3, -0.25) is 4.98 Å². The number of benzene rings is 1. The van der Waals surface area contributed by atoms with Gasteiger partial charge in [-0.2, -0.15) is 0 Å². The molecule has 0 atom stereocenters. The van der Waals surface area contributed by atoms with Gasteiger partial charge in [-0.25, -0.2) is 4.79 Å². The van der Waals surface area contributed by atoms with Crippen molar-refractivity contribution in [2.45, 2.75) is 52.1 Å². The van der Waals surface area contributed by atoms with Crippen LogP contribution in [0.3, 0.4) is 0 Å². The number of para-hydroxylation sites is 1. The molecule has 0 radical (unpaired) electrons. The number of anilines is 1. The van der Waals surface area contributed by atoms with Gasteiger partial charge in [0.25, 0.3) is 0 Å². The monoisotopic (exact) mass is 323 g/mol. The largest absolute Gasteiger partial charge is 0.322 e. The molecule has 4 heteroatoms. The molecule has 2 amide bonds. The Kier molecular flexibility index (Phi) is 5.14. The second-order valence-electron chi connectivity index (χ2n) is 6.30. The first-order valence-corrected chi connectivity index (χ1v) is 8.80. The summed E-state index contributed by atoms with van der Waals surface area (Å²) in [5, 5.41) is 3.19. The van der Waals surface area contributed by atoms with E-state index in [-0.39, 0.29) is 6.03 Å². The van der Waals surface area contributed by atoms with Gasteiger partial charge in [0.1, 0.15) is 0 Å². The van der Waals surface area contributed by atoms with Crippen LogP contribution in [-0.4, -0.2) is 22.0 Å². The van der Waals surface area contributed by atoms with E-state index in [0.717, 1.165) is 36.9 Å². The van der Waals surface area contributed by atoms with E-state index < -0.39 is 0 Å². The molecule has 0 unspecified atom stereocenters. The fraction of sp³-hybridized carbons (Fsp3) is 0.400. The Morgan fingerprint density at radius 1 is 1.12 bits per heavy atom. The van der Waals surface area contributed by atoms with Crippen LogP contribution in [0.25, 0.3) is 0 Å². The van der Waals surface area contributed by atoms with Gasteiger partial charge in [-0.15, -0.1) is 0 Å². The number of hydrogen-bond donors (Lipinski definition) is 1. The number of nitrogens with one attached hydrogen (secondary N) is 1. The number of amides is 2. The SMILES string of the molecule is CCc1cccc(CC)c1NC(=O)N(Cc1ccncc1)C1CC1. The van der Waals surface area contributed by atoms with Crippen molar-refractivity contribution in [3.8, 4) is 0 Å². The van der Waals surface area contributed by atoms with E-state index in [1.54, 1.807) is 12.4 Å². The Balaban J connectivity index is 1.79. The summed E-state index contributed by atoms with van der Waals surface area (Å²) in [6.45, 7) is 4.88. The predicted octanol–water partition coefficient (Wildman–Crippen LogP) is 4.40. The van der Waals surface area contributed by atoms with Crippen molar-refractivity contribution in [2.24, 2.45) is 0 Å². The van der Waals surface area contributed by atoms with Crippen molar-refractivity contribution in [3.63, 3.8) is 0 Å². The standard InChI is InChI=1S/C20H25N3O/c1-3-16-6-5-7-17(4-2)19(16)22-20(24)23(18-8-9-18)14-15-10-12-21-13-11-15/h5-7,10-13,18H,3-4,8-9,14H2,1-2H3,(H,22,24). The first-order chi connectivity index (χ1) is 11.7. The van der Waals surface area contributed by atoms with E-state index in [0.29, 0.717) is 12.6 Å². The molecule has 126 valence electrons. The third-order valence-corrected chi connectivity index (χ3v) is 4.58. The van der Waals surface area contributed by atoms with Gasteiger partial charge < -0.3 is 10.2 Å². The van der Waals surface area contributed by atoms with Crippen molar-refractivity contribution in [1.29, 1.82) is 0 Å². The van der Waals surface area contributed by atoms with Crippen LogP contribution in [0, 0.1) is 0 Å². The third-order valence-electron chi connectivity index (χ3n) is 4.58. The minimum absolute atomic E-state index is 0.00455. The molecule has 0 saturated heterocycles. The number of hydrogen-bond acceptors (Lipinski definition) is 2. The highest BCUT2D eigenvalue weighted by molar-refractivity contribution is 5.91. The molecule has 3 rings (SSSR count). The van der Waals surface area contributed by atoms with E-state index in [9.17, 15) is 4.79 Å². The van der Waals surface area contributed by atoms with Crippen LogP contribution >= 0.6 is 0 Å². The number of aromatic nitrogens is 1. The summed E-state index contributed by atoms with van der Waals surface area (Å²) in [7, 11) is 0. The Morgan fingerprint density at radius 2 is 1.75 bits per heavy atom. The Bertz CT molecular complexity index is 673. The Morgan fingerprint density at radius 3 is 2.29 bits per heavy atom. The smallest absolute Gasteiger partial charge is 0.317 e. The lowest BCUT2D eigenvalue weighted by molar-refractivity contribution is 0.206. The fourth-order valence-electron chi connectivity index (χ4n) is 3.02. The highest BCUT2D eigenvalue weighted by Crippen LogP contribution is 2.30. The summed E-state index contributed by atoms with van der Waals surface area (Å²) < 4.78 is 0. The van der Waals surface area contributed by atoms with Crippen LogP contribution in [-0.2, 0) is 19.4 Å². The molecule has 1 aromatic heterocycles. The molecule has 1 heterocycles. The van der Waals surface area contributed by atoms with Crippen molar-refractivity contribution in [1.82, 2.24) is 9.88 Å². The van der Waals surface area contributed by atoms with Crippen LogP contribution in [0.5, 0.6) is 0 Å². The second-order valence-corrected chi connectivity index (χ2v) is 6.30. The topological polar surface area (TPSA) is 45.2 Å². The quantitative estimate of drug-likeness (QED) is 0.856. The summed E-state index contributed by atoms with van der Waals surface area (Å²) in [6.07, 6.45) is 7.57. The van der Waals surface area contributed by atoms with Crippen molar-refractivity contribution >= 4 is 11.7 Å². The van der Waals surface area contributed by atoms with E-state index >= 15 is 0 Å². The van der Waals surface area contributed by atoms with Crippen LogP contribution in [0.4, 0.5) is 10.5 Å². The third kappa shape index (κ3) is 3.75. The molecule has 1 aliphatic rings. The number of pyridine rings is 1. The maximum Gasteiger partial charge on any atom is 0.322 e. The summed E-state index contributed by atoms with van der Waals surface area (Å²) in [5.74, 6) is 0. The lowest BCUT2D eigenvalue weighted by Gasteiger charge is -2.24. The molecular formula is C20H25N3O. The van der Waals surface area contributed by atoms with E-state index in [1.807, 2.05) is 17.0 Å². The first kappa shape index (κ1) is 16.5. The molecule has 24 heavy (non-hydrogen) atoms. The number of carbonyl (C=O) groups excluding carboxylic acids is 1. The summed E-state index contributed by atoms with van der Waals surface area (Å²) in [6, 6.07) is 10.6. The molecule has 0 spiro atoms. The second kappa shape index (κ2) is 7.47. The van der Waals surface area contributed by atoms with Gasteiger partial charge in [0.05, 0.1) is 0 Å². The maximum atomic E-state index is 12.9. The highest BCUT2D eigenvalue weighted by atomic mass is 16.2. The molecule has 1 aliphatic carbocycles. The molecule has 0 aliphatic heterocycles. The van der Waals surface area contributed by atoms with E-state index in [1.165, 1.54) is 11.1 Å². The maximum absolute atomic E-state index is 12.9. The van der Waals surface area contributed by atoms with Crippen molar-refractivity contribution < 1.29 is 4.79 Å². The van der Waals surface area contributed by atoms with Gasteiger partial charge in [0, 0.05) is 30.7 Å². The molecule has 2 aromatic rings. The first-order valence-electron chi connectivity index (χ1n) is 8.80. The zero-order valence-corrected chi connectivity index (χ0v) is 14.5. The van der Waals surface area contributed by atoms with Crippen LogP contribution in [0.1, 0.15) is 43.4 Å².